The molecule has 1 aliphatic heterocycles. The summed E-state index contributed by atoms with van der Waals surface area (Å²) < 4.78 is 24.6. The highest BCUT2D eigenvalue weighted by molar-refractivity contribution is 6.39. The van der Waals surface area contributed by atoms with E-state index < -0.39 is 29.6 Å². The van der Waals surface area contributed by atoms with Crippen LogP contribution in [0.4, 0.5) is 14.9 Å². The fourth-order valence-electron chi connectivity index (χ4n) is 3.86. The van der Waals surface area contributed by atoms with Gasteiger partial charge in [-0.05, 0) is 72.2 Å². The van der Waals surface area contributed by atoms with Crippen LogP contribution in [0.15, 0.2) is 72.3 Å². The topological polar surface area (TPSA) is 102 Å². The predicted molar refractivity (Wildman–Crippen MR) is 134 cm³/mol. The first-order valence-electron chi connectivity index (χ1n) is 11.4. The van der Waals surface area contributed by atoms with Gasteiger partial charge >= 0.3 is 12.0 Å². The number of ether oxygens (including phenoxy) is 2. The van der Waals surface area contributed by atoms with Crippen molar-refractivity contribution in [3.63, 3.8) is 0 Å². The number of barbiturate groups is 1. The Balaban J connectivity index is 1.70. The molecule has 1 N–H and O–H groups in total. The maximum atomic E-state index is 14.3. The van der Waals surface area contributed by atoms with Gasteiger partial charge in [0.2, 0.25) is 0 Å². The van der Waals surface area contributed by atoms with Gasteiger partial charge in [0.15, 0.2) is 0 Å². The van der Waals surface area contributed by atoms with Crippen molar-refractivity contribution in [2.75, 3.05) is 18.6 Å². The fourth-order valence-corrected chi connectivity index (χ4v) is 3.86. The lowest BCUT2D eigenvalue weighted by molar-refractivity contribution is -0.122. The minimum absolute atomic E-state index is 0.162. The molecule has 0 aromatic heterocycles. The van der Waals surface area contributed by atoms with Crippen LogP contribution < -0.4 is 15.0 Å². The number of hydrogen-bond acceptors (Lipinski definition) is 6. The van der Waals surface area contributed by atoms with Gasteiger partial charge in [-0.1, -0.05) is 24.3 Å². The van der Waals surface area contributed by atoms with Crippen molar-refractivity contribution < 1.29 is 33.0 Å². The van der Waals surface area contributed by atoms with E-state index in [0.717, 1.165) is 4.90 Å². The number of rotatable bonds is 7. The molecule has 0 unspecified atom stereocenters. The summed E-state index contributed by atoms with van der Waals surface area (Å²) in [6.45, 7) is 1.88. The van der Waals surface area contributed by atoms with Gasteiger partial charge in [0.05, 0.1) is 25.0 Å². The zero-order valence-electron chi connectivity index (χ0n) is 20.1. The lowest BCUT2D eigenvalue weighted by atomic mass is 9.96. The van der Waals surface area contributed by atoms with Crippen molar-refractivity contribution in [3.05, 3.63) is 100 Å². The van der Waals surface area contributed by atoms with Gasteiger partial charge < -0.3 is 9.47 Å². The molecule has 0 saturated carbocycles. The standard InChI is InChI=1S/C28H23FN2O6/c1-3-37-27(34)17-8-11-21(12-9-17)31-26(33)23(25(32)30-28(31)35)16-18-10-13-22(36-2)15-20(18)14-19-6-4-5-7-24(19)29/h4-13,15-16H,3,14H2,1-2H3,(H,30,32,35)/b23-16+. The number of hydrogen-bond donors (Lipinski definition) is 1. The molecule has 4 rings (SSSR count). The highest BCUT2D eigenvalue weighted by atomic mass is 19.1. The number of amides is 4. The van der Waals surface area contributed by atoms with Gasteiger partial charge in [-0.3, -0.25) is 14.9 Å². The molecule has 1 aliphatic rings. The van der Waals surface area contributed by atoms with Crippen LogP contribution in [0.25, 0.3) is 6.08 Å². The minimum Gasteiger partial charge on any atom is -0.497 e. The minimum atomic E-state index is -0.919. The number of urea groups is 1. The van der Waals surface area contributed by atoms with Gasteiger partial charge in [-0.15, -0.1) is 0 Å². The van der Waals surface area contributed by atoms with Crippen molar-refractivity contribution in [2.45, 2.75) is 13.3 Å². The monoisotopic (exact) mass is 502 g/mol. The lowest BCUT2D eigenvalue weighted by Gasteiger charge is -2.26. The second kappa shape index (κ2) is 10.9. The summed E-state index contributed by atoms with van der Waals surface area (Å²) in [5.74, 6) is -2.11. The number of imide groups is 2. The number of anilines is 1. The molecule has 3 aromatic rings. The van der Waals surface area contributed by atoms with Crippen LogP contribution in [0, 0.1) is 5.82 Å². The lowest BCUT2D eigenvalue weighted by Crippen LogP contribution is -2.54. The average Bonchev–Trinajstić information content (AvgIpc) is 2.89. The largest absolute Gasteiger partial charge is 0.497 e. The first-order chi connectivity index (χ1) is 17.8. The van der Waals surface area contributed by atoms with E-state index in [-0.39, 0.29) is 29.9 Å². The van der Waals surface area contributed by atoms with Crippen LogP contribution in [0.5, 0.6) is 5.75 Å². The normalized spacial score (nSPS) is 14.5. The molecule has 1 saturated heterocycles. The van der Waals surface area contributed by atoms with Crippen molar-refractivity contribution in [1.29, 1.82) is 0 Å². The molecule has 37 heavy (non-hydrogen) atoms. The van der Waals surface area contributed by atoms with Crippen molar-refractivity contribution in [2.24, 2.45) is 0 Å². The molecular weight excluding hydrogens is 479 g/mol. The SMILES string of the molecule is CCOC(=O)c1ccc(N2C(=O)NC(=O)/C(=C\c3ccc(OC)cc3Cc3ccccc3F)C2=O)cc1. The second-order valence-electron chi connectivity index (χ2n) is 8.06. The Kier molecular flexibility index (Phi) is 7.43. The van der Waals surface area contributed by atoms with Gasteiger partial charge in [-0.2, -0.15) is 0 Å². The summed E-state index contributed by atoms with van der Waals surface area (Å²) in [6.07, 6.45) is 1.54. The van der Waals surface area contributed by atoms with E-state index >= 15 is 0 Å². The van der Waals surface area contributed by atoms with Crippen LogP contribution >= 0.6 is 0 Å². The molecule has 1 fully saturated rings. The van der Waals surface area contributed by atoms with E-state index in [9.17, 15) is 23.6 Å². The number of esters is 1. The quantitative estimate of drug-likeness (QED) is 0.294. The fraction of sp³-hybridized carbons (Fsp3) is 0.143. The Morgan fingerprint density at radius 1 is 1.00 bits per heavy atom. The molecule has 0 atom stereocenters. The Labute approximate surface area is 212 Å². The van der Waals surface area contributed by atoms with Crippen LogP contribution in [-0.2, 0) is 20.7 Å². The van der Waals surface area contributed by atoms with Crippen LogP contribution in [-0.4, -0.2) is 37.5 Å². The summed E-state index contributed by atoms with van der Waals surface area (Å²) >= 11 is 0. The van der Waals surface area contributed by atoms with E-state index in [1.807, 2.05) is 0 Å². The average molecular weight is 502 g/mol. The molecule has 1 heterocycles. The summed E-state index contributed by atoms with van der Waals surface area (Å²) in [5.41, 5.74) is 1.64. The predicted octanol–water partition coefficient (Wildman–Crippen LogP) is 4.27. The number of methoxy groups -OCH3 is 1. The van der Waals surface area contributed by atoms with Crippen LogP contribution in [0.2, 0.25) is 0 Å². The Morgan fingerprint density at radius 3 is 2.41 bits per heavy atom. The highest BCUT2D eigenvalue weighted by Crippen LogP contribution is 2.27. The smallest absolute Gasteiger partial charge is 0.338 e. The highest BCUT2D eigenvalue weighted by Gasteiger charge is 2.37. The number of carbonyl (C=O) groups is 4. The molecule has 0 aliphatic carbocycles. The molecule has 0 bridgehead atoms. The van der Waals surface area contributed by atoms with Gasteiger partial charge in [-0.25, -0.2) is 18.9 Å². The maximum Gasteiger partial charge on any atom is 0.338 e. The van der Waals surface area contributed by atoms with Crippen LogP contribution in [0.1, 0.15) is 34.0 Å². The molecule has 8 nitrogen and oxygen atoms in total. The van der Waals surface area contributed by atoms with Crippen molar-refractivity contribution in [3.8, 4) is 5.75 Å². The van der Waals surface area contributed by atoms with E-state index in [1.54, 1.807) is 43.3 Å². The number of benzene rings is 3. The Hall–Kier alpha value is -4.79. The molecule has 3 aromatic carbocycles. The van der Waals surface area contributed by atoms with E-state index in [2.05, 4.69) is 5.32 Å². The van der Waals surface area contributed by atoms with Gasteiger partial charge in [0.25, 0.3) is 11.8 Å². The molecular formula is C28H23FN2O6. The van der Waals surface area contributed by atoms with Crippen molar-refractivity contribution >= 4 is 35.6 Å². The molecule has 9 heteroatoms. The third kappa shape index (κ3) is 5.40. The summed E-state index contributed by atoms with van der Waals surface area (Å²) in [4.78, 5) is 51.3. The molecule has 188 valence electrons. The van der Waals surface area contributed by atoms with Crippen LogP contribution in [0.3, 0.4) is 0 Å². The maximum absolute atomic E-state index is 14.3. The zero-order chi connectivity index (χ0) is 26.5. The Morgan fingerprint density at radius 2 is 1.73 bits per heavy atom. The van der Waals surface area contributed by atoms with E-state index in [0.29, 0.717) is 22.4 Å². The van der Waals surface area contributed by atoms with E-state index in [4.69, 9.17) is 9.47 Å². The van der Waals surface area contributed by atoms with Gasteiger partial charge in [0.1, 0.15) is 17.1 Å². The summed E-state index contributed by atoms with van der Waals surface area (Å²) in [7, 11) is 1.50. The first kappa shape index (κ1) is 25.3. The molecule has 0 radical (unpaired) electrons. The zero-order valence-corrected chi connectivity index (χ0v) is 20.1. The van der Waals surface area contributed by atoms with Gasteiger partial charge in [0, 0.05) is 6.42 Å². The second-order valence-corrected chi connectivity index (χ2v) is 8.06. The first-order valence-corrected chi connectivity index (χ1v) is 11.4. The summed E-state index contributed by atoms with van der Waals surface area (Å²) in [6, 6.07) is 16.0. The number of halogens is 1. The van der Waals surface area contributed by atoms with E-state index in [1.165, 1.54) is 43.5 Å². The molecule has 0 spiro atoms. The number of carbonyl (C=O) groups excluding carboxylic acids is 4. The van der Waals surface area contributed by atoms with Crippen molar-refractivity contribution in [1.82, 2.24) is 5.32 Å². The number of nitrogens with zero attached hydrogens (tertiary/aromatic N) is 1. The Bertz CT molecular complexity index is 1410. The summed E-state index contributed by atoms with van der Waals surface area (Å²) in [5, 5.41) is 2.17. The molecule has 4 amide bonds. The third-order valence-corrected chi connectivity index (χ3v) is 5.73. The number of nitrogens with one attached hydrogen (secondary N) is 1. The third-order valence-electron chi connectivity index (χ3n) is 5.73.